The van der Waals surface area contributed by atoms with Gasteiger partial charge in [0.2, 0.25) is 0 Å². The molecule has 0 saturated carbocycles. The van der Waals surface area contributed by atoms with Crippen LogP contribution in [0.15, 0.2) is 35.3 Å². The molecule has 124 valence electrons. The van der Waals surface area contributed by atoms with Gasteiger partial charge < -0.3 is 14.8 Å². The second-order valence-electron chi connectivity index (χ2n) is 5.11. The Morgan fingerprint density at radius 1 is 1.21 bits per heavy atom. The molecule has 8 heteroatoms. The summed E-state index contributed by atoms with van der Waals surface area (Å²) in [6.07, 6.45) is 1.44. The summed E-state index contributed by atoms with van der Waals surface area (Å²) in [5.41, 5.74) is 1.35. The van der Waals surface area contributed by atoms with Gasteiger partial charge in [-0.3, -0.25) is 14.7 Å². The molecule has 0 saturated heterocycles. The minimum absolute atomic E-state index is 0.269. The van der Waals surface area contributed by atoms with Gasteiger partial charge in [-0.2, -0.15) is 0 Å². The first-order chi connectivity index (χ1) is 11.5. The van der Waals surface area contributed by atoms with Crippen LogP contribution in [0.1, 0.15) is 16.1 Å². The van der Waals surface area contributed by atoms with E-state index in [0.717, 1.165) is 0 Å². The van der Waals surface area contributed by atoms with Crippen LogP contribution in [0, 0.1) is 6.92 Å². The van der Waals surface area contributed by atoms with Gasteiger partial charge >= 0.3 is 0 Å². The number of nitrogens with one attached hydrogen (secondary N) is 2. The normalized spacial score (nSPS) is 10.6. The van der Waals surface area contributed by atoms with Crippen molar-refractivity contribution in [3.8, 4) is 11.5 Å². The Bertz CT molecular complexity index is 974. The molecule has 3 aromatic rings. The Balaban J connectivity index is 1.95. The van der Waals surface area contributed by atoms with Gasteiger partial charge in [0, 0.05) is 29.7 Å². The first-order valence-corrected chi connectivity index (χ1v) is 7.14. The minimum Gasteiger partial charge on any atom is -0.493 e. The van der Waals surface area contributed by atoms with Crippen LogP contribution in [0.3, 0.4) is 0 Å². The molecular weight excluding hydrogens is 312 g/mol. The number of hydrogen-bond donors (Lipinski definition) is 2. The molecule has 0 radical (unpaired) electrons. The maximum absolute atomic E-state index is 12.5. The van der Waals surface area contributed by atoms with E-state index >= 15 is 0 Å². The summed E-state index contributed by atoms with van der Waals surface area (Å²) in [6.45, 7) is 1.70. The van der Waals surface area contributed by atoms with Crippen molar-refractivity contribution in [1.82, 2.24) is 14.6 Å². The highest BCUT2D eigenvalue weighted by molar-refractivity contribution is 6.08. The van der Waals surface area contributed by atoms with E-state index < -0.39 is 5.91 Å². The highest BCUT2D eigenvalue weighted by Gasteiger charge is 2.16. The molecule has 2 aromatic heterocycles. The summed E-state index contributed by atoms with van der Waals surface area (Å²) in [4.78, 5) is 28.6. The molecule has 0 unspecified atom stereocenters. The molecular formula is C16H16N4O4. The number of aryl methyl sites for hydroxylation is 1. The molecule has 0 bridgehead atoms. The van der Waals surface area contributed by atoms with Crippen LogP contribution >= 0.6 is 0 Å². The van der Waals surface area contributed by atoms with Crippen molar-refractivity contribution >= 4 is 17.2 Å². The summed E-state index contributed by atoms with van der Waals surface area (Å²) in [7, 11) is 3.05. The number of fused-ring (bicyclic) bond motifs is 1. The number of rotatable bonds is 4. The van der Waals surface area contributed by atoms with Crippen LogP contribution in [0.5, 0.6) is 11.5 Å². The minimum atomic E-state index is -0.390. The summed E-state index contributed by atoms with van der Waals surface area (Å²) < 4.78 is 11.6. The third-order valence-corrected chi connectivity index (χ3v) is 3.51. The van der Waals surface area contributed by atoms with E-state index in [1.807, 2.05) is 0 Å². The lowest BCUT2D eigenvalue weighted by molar-refractivity contribution is 0.102. The zero-order chi connectivity index (χ0) is 17.3. The van der Waals surface area contributed by atoms with Gasteiger partial charge in [-0.05, 0) is 19.1 Å². The van der Waals surface area contributed by atoms with E-state index in [1.165, 1.54) is 31.0 Å². The molecule has 24 heavy (non-hydrogen) atoms. The average Bonchev–Trinajstić information content (AvgIpc) is 2.98. The van der Waals surface area contributed by atoms with Gasteiger partial charge in [0.25, 0.3) is 11.5 Å². The van der Waals surface area contributed by atoms with Gasteiger partial charge in [-0.1, -0.05) is 0 Å². The third kappa shape index (κ3) is 2.69. The second kappa shape index (κ2) is 6.07. The van der Waals surface area contributed by atoms with Crippen molar-refractivity contribution < 1.29 is 14.3 Å². The molecule has 8 nitrogen and oxygen atoms in total. The third-order valence-electron chi connectivity index (χ3n) is 3.51. The van der Waals surface area contributed by atoms with Crippen molar-refractivity contribution in [2.45, 2.75) is 6.92 Å². The Kier molecular flexibility index (Phi) is 3.95. The standard InChI is InChI=1S/C16H16N4O4/c1-9-6-14(21)20-15(18-9)11(8-17-20)16(22)19-10-4-5-12(23-2)13(7-10)24-3/h4-8,17H,1-3H3,(H,19,22). The van der Waals surface area contributed by atoms with Crippen molar-refractivity contribution in [3.05, 3.63) is 52.1 Å². The zero-order valence-electron chi connectivity index (χ0n) is 13.4. The van der Waals surface area contributed by atoms with E-state index in [-0.39, 0.29) is 16.8 Å². The molecule has 0 aliphatic rings. The number of methoxy groups -OCH3 is 2. The number of aromatic nitrogens is 3. The lowest BCUT2D eigenvalue weighted by Gasteiger charge is -2.10. The SMILES string of the molecule is COc1ccc(NC(=O)c2c[nH]n3c(=O)cc(C)nc23)cc1OC. The predicted molar refractivity (Wildman–Crippen MR) is 88.0 cm³/mol. The number of ether oxygens (including phenoxy) is 2. The maximum atomic E-state index is 12.5. The number of benzene rings is 1. The Morgan fingerprint density at radius 2 is 1.96 bits per heavy atom. The number of carbonyl (C=O) groups is 1. The number of amides is 1. The van der Waals surface area contributed by atoms with Gasteiger partial charge in [-0.25, -0.2) is 9.50 Å². The first-order valence-electron chi connectivity index (χ1n) is 7.14. The van der Waals surface area contributed by atoms with E-state index in [1.54, 1.807) is 25.1 Å². The number of carbonyl (C=O) groups excluding carboxylic acids is 1. The summed E-state index contributed by atoms with van der Waals surface area (Å²) in [5.74, 6) is 0.671. The quantitative estimate of drug-likeness (QED) is 0.758. The predicted octanol–water partition coefficient (Wildman–Crippen LogP) is 1.60. The molecule has 1 amide bonds. The first kappa shape index (κ1) is 15.6. The number of hydrogen-bond acceptors (Lipinski definition) is 5. The fourth-order valence-corrected chi connectivity index (χ4v) is 2.38. The van der Waals surface area contributed by atoms with Crippen molar-refractivity contribution in [2.75, 3.05) is 19.5 Å². The monoisotopic (exact) mass is 328 g/mol. The second-order valence-corrected chi connectivity index (χ2v) is 5.11. The van der Waals surface area contributed by atoms with E-state index in [0.29, 0.717) is 22.9 Å². The molecule has 0 spiro atoms. The number of anilines is 1. The van der Waals surface area contributed by atoms with Crippen LogP contribution in [-0.2, 0) is 0 Å². The molecule has 0 fully saturated rings. The average molecular weight is 328 g/mol. The highest BCUT2D eigenvalue weighted by Crippen LogP contribution is 2.30. The van der Waals surface area contributed by atoms with Gasteiger partial charge in [0.05, 0.1) is 14.2 Å². The van der Waals surface area contributed by atoms with E-state index in [4.69, 9.17) is 9.47 Å². The maximum Gasteiger partial charge on any atom is 0.272 e. The molecule has 3 rings (SSSR count). The van der Waals surface area contributed by atoms with E-state index in [2.05, 4.69) is 15.4 Å². The number of aromatic amines is 1. The molecule has 0 aliphatic carbocycles. The summed E-state index contributed by atoms with van der Waals surface area (Å²) in [5, 5.41) is 5.48. The molecule has 0 aliphatic heterocycles. The van der Waals surface area contributed by atoms with Crippen LogP contribution < -0.4 is 20.3 Å². The summed E-state index contributed by atoms with van der Waals surface area (Å²) in [6, 6.07) is 6.42. The fraction of sp³-hybridized carbons (Fsp3) is 0.188. The zero-order valence-corrected chi connectivity index (χ0v) is 13.4. The van der Waals surface area contributed by atoms with Crippen LogP contribution in [0.4, 0.5) is 5.69 Å². The lowest BCUT2D eigenvalue weighted by atomic mass is 10.2. The molecule has 2 heterocycles. The number of H-pyrrole nitrogens is 1. The largest absolute Gasteiger partial charge is 0.493 e. The lowest BCUT2D eigenvalue weighted by Crippen LogP contribution is -2.17. The molecule has 0 atom stereocenters. The van der Waals surface area contributed by atoms with Gasteiger partial charge in [0.1, 0.15) is 5.56 Å². The topological polar surface area (TPSA) is 97.7 Å². The van der Waals surface area contributed by atoms with Gasteiger partial charge in [0.15, 0.2) is 17.1 Å². The molecule has 1 aromatic carbocycles. The van der Waals surface area contributed by atoms with Crippen molar-refractivity contribution in [3.63, 3.8) is 0 Å². The van der Waals surface area contributed by atoms with E-state index in [9.17, 15) is 9.59 Å². The van der Waals surface area contributed by atoms with Crippen LogP contribution in [0.25, 0.3) is 5.65 Å². The van der Waals surface area contributed by atoms with Gasteiger partial charge in [-0.15, -0.1) is 0 Å². The smallest absolute Gasteiger partial charge is 0.272 e. The van der Waals surface area contributed by atoms with Crippen LogP contribution in [0.2, 0.25) is 0 Å². The Morgan fingerprint density at radius 3 is 2.67 bits per heavy atom. The molecule has 2 N–H and O–H groups in total. The Hall–Kier alpha value is -3.29. The van der Waals surface area contributed by atoms with Crippen molar-refractivity contribution in [1.29, 1.82) is 0 Å². The highest BCUT2D eigenvalue weighted by atomic mass is 16.5. The summed E-state index contributed by atoms with van der Waals surface area (Å²) >= 11 is 0. The van der Waals surface area contributed by atoms with Crippen molar-refractivity contribution in [2.24, 2.45) is 0 Å². The fourth-order valence-electron chi connectivity index (χ4n) is 2.38. The van der Waals surface area contributed by atoms with Crippen LogP contribution in [-0.4, -0.2) is 34.7 Å². The number of nitrogens with zero attached hydrogens (tertiary/aromatic N) is 2. The Labute approximate surface area is 137 Å².